The molecule has 192 valence electrons. The molecule has 4 aliphatic rings. The first kappa shape index (κ1) is 25.1. The Balaban J connectivity index is 1.09. The Morgan fingerprint density at radius 1 is 1.11 bits per heavy atom. The van der Waals surface area contributed by atoms with Crippen LogP contribution >= 0.6 is 23.4 Å². The highest BCUT2D eigenvalue weighted by atomic mass is 35.5. The van der Waals surface area contributed by atoms with E-state index >= 15 is 0 Å². The molecule has 0 spiro atoms. The largest absolute Gasteiger partial charge is 0.484 e. The van der Waals surface area contributed by atoms with Crippen LogP contribution in [0.25, 0.3) is 0 Å². The Morgan fingerprint density at radius 3 is 2.58 bits per heavy atom. The number of thioether (sulfide) groups is 1. The summed E-state index contributed by atoms with van der Waals surface area (Å²) < 4.78 is 24.7. The van der Waals surface area contributed by atoms with Gasteiger partial charge in [0.2, 0.25) is 5.91 Å². The van der Waals surface area contributed by atoms with Crippen molar-refractivity contribution >= 4 is 40.9 Å². The zero-order valence-corrected chi connectivity index (χ0v) is 21.0. The minimum absolute atomic E-state index is 0.0223. The van der Waals surface area contributed by atoms with E-state index in [-0.39, 0.29) is 41.4 Å². The Kier molecular flexibility index (Phi) is 7.04. The Hall–Kier alpha value is -2.53. The van der Waals surface area contributed by atoms with Gasteiger partial charge in [0.25, 0.3) is 5.91 Å². The summed E-state index contributed by atoms with van der Waals surface area (Å²) in [5.74, 6) is -1.06. The molecule has 1 aliphatic heterocycles. The SMILES string of the molecule is O=C(COc1ccc(Cl)c(F)c1)NC12CCC(NC(=O)COC3Nc4ccccc4S3)(CC1)[C@@H](O)C2. The van der Waals surface area contributed by atoms with E-state index in [1.54, 1.807) is 0 Å². The van der Waals surface area contributed by atoms with E-state index in [0.29, 0.717) is 32.1 Å². The summed E-state index contributed by atoms with van der Waals surface area (Å²) in [7, 11) is 0. The van der Waals surface area contributed by atoms with Crippen molar-refractivity contribution in [2.75, 3.05) is 18.5 Å². The fourth-order valence-electron chi connectivity index (χ4n) is 5.21. The molecule has 3 saturated carbocycles. The number of hydrogen-bond donors (Lipinski definition) is 4. The van der Waals surface area contributed by atoms with Crippen LogP contribution in [0.3, 0.4) is 0 Å². The predicted octanol–water partition coefficient (Wildman–Crippen LogP) is 3.42. The van der Waals surface area contributed by atoms with Crippen molar-refractivity contribution < 1.29 is 28.6 Å². The number of fused-ring (bicyclic) bond motifs is 4. The number of amides is 2. The number of carbonyl (C=O) groups is 2. The molecule has 0 aromatic heterocycles. The van der Waals surface area contributed by atoms with Gasteiger partial charge >= 0.3 is 0 Å². The molecule has 3 fully saturated rings. The molecule has 11 heteroatoms. The van der Waals surface area contributed by atoms with E-state index in [1.165, 1.54) is 23.9 Å². The van der Waals surface area contributed by atoms with Gasteiger partial charge in [0.1, 0.15) is 18.2 Å². The van der Waals surface area contributed by atoms with E-state index in [2.05, 4.69) is 16.0 Å². The highest BCUT2D eigenvalue weighted by molar-refractivity contribution is 8.00. The van der Waals surface area contributed by atoms with Crippen LogP contribution in [0.5, 0.6) is 5.75 Å². The molecule has 2 aromatic carbocycles. The van der Waals surface area contributed by atoms with Gasteiger partial charge in [0.15, 0.2) is 12.2 Å². The first-order chi connectivity index (χ1) is 17.3. The molecular formula is C25H27ClFN3O5S. The number of ether oxygens (including phenoxy) is 2. The average Bonchev–Trinajstić information content (AvgIpc) is 3.28. The van der Waals surface area contributed by atoms with Crippen LogP contribution in [-0.2, 0) is 14.3 Å². The van der Waals surface area contributed by atoms with E-state index in [1.807, 2.05) is 24.3 Å². The van der Waals surface area contributed by atoms with Crippen molar-refractivity contribution in [2.24, 2.45) is 0 Å². The molecule has 3 aliphatic carbocycles. The van der Waals surface area contributed by atoms with Gasteiger partial charge in [-0.2, -0.15) is 0 Å². The fraction of sp³-hybridized carbons (Fsp3) is 0.440. The van der Waals surface area contributed by atoms with E-state index in [4.69, 9.17) is 21.1 Å². The number of benzene rings is 2. The van der Waals surface area contributed by atoms with Crippen molar-refractivity contribution in [3.8, 4) is 5.75 Å². The zero-order valence-electron chi connectivity index (χ0n) is 19.4. The van der Waals surface area contributed by atoms with Crippen molar-refractivity contribution in [1.29, 1.82) is 0 Å². The summed E-state index contributed by atoms with van der Waals surface area (Å²) in [6, 6.07) is 11.8. The number of rotatable bonds is 8. The lowest BCUT2D eigenvalue weighted by molar-refractivity contribution is -0.138. The molecule has 2 aromatic rings. The van der Waals surface area contributed by atoms with Gasteiger partial charge in [-0.05, 0) is 56.4 Å². The van der Waals surface area contributed by atoms with Gasteiger partial charge in [-0.1, -0.05) is 35.5 Å². The van der Waals surface area contributed by atoms with Crippen LogP contribution in [0.15, 0.2) is 47.4 Å². The van der Waals surface area contributed by atoms with Crippen LogP contribution < -0.4 is 20.7 Å². The summed E-state index contributed by atoms with van der Waals surface area (Å²) in [6.45, 7) is -0.410. The van der Waals surface area contributed by atoms with Gasteiger partial charge in [0, 0.05) is 16.5 Å². The highest BCUT2D eigenvalue weighted by Gasteiger charge is 2.55. The molecule has 1 unspecified atom stereocenters. The highest BCUT2D eigenvalue weighted by Crippen LogP contribution is 2.47. The summed E-state index contributed by atoms with van der Waals surface area (Å²) >= 11 is 7.17. The third-order valence-electron chi connectivity index (χ3n) is 7.14. The first-order valence-corrected chi connectivity index (χ1v) is 13.0. The molecule has 0 saturated heterocycles. The second kappa shape index (κ2) is 10.1. The average molecular weight is 536 g/mol. The number of hydrogen-bond acceptors (Lipinski definition) is 7. The molecule has 4 N–H and O–H groups in total. The standard InChI is InChI=1S/C25H27ClFN3O5S/c26-16-6-5-15(11-17(16)27)34-13-21(32)29-24-7-9-25(10-8-24,20(31)12-24)30-22(33)14-35-23-28-18-3-1-2-4-19(18)36-23/h1-6,11,20,23,28,31H,7-10,12-14H2,(H,29,32)(H,30,33)/t20-,23?,24?,25?/m0/s1. The van der Waals surface area contributed by atoms with Gasteiger partial charge in [-0.3, -0.25) is 9.59 Å². The fourth-order valence-corrected chi connectivity index (χ4v) is 6.29. The first-order valence-electron chi connectivity index (χ1n) is 11.8. The second-order valence-corrected chi connectivity index (χ2v) is 11.0. The zero-order chi connectivity index (χ0) is 25.3. The van der Waals surface area contributed by atoms with Gasteiger partial charge in [-0.15, -0.1) is 0 Å². The summed E-state index contributed by atoms with van der Waals surface area (Å²) in [5, 5.41) is 20.1. The second-order valence-electron chi connectivity index (χ2n) is 9.52. The Morgan fingerprint density at radius 2 is 1.86 bits per heavy atom. The lowest BCUT2D eigenvalue weighted by Gasteiger charge is -2.56. The minimum atomic E-state index is -0.807. The number of nitrogens with one attached hydrogen (secondary N) is 3. The topological polar surface area (TPSA) is 109 Å². The van der Waals surface area contributed by atoms with Crippen LogP contribution in [0.4, 0.5) is 10.1 Å². The van der Waals surface area contributed by atoms with Crippen LogP contribution in [-0.4, -0.2) is 52.9 Å². The van der Waals surface area contributed by atoms with E-state index in [0.717, 1.165) is 16.6 Å². The number of aliphatic hydroxyl groups excluding tert-OH is 1. The van der Waals surface area contributed by atoms with Crippen molar-refractivity contribution in [2.45, 2.75) is 59.7 Å². The van der Waals surface area contributed by atoms with Crippen molar-refractivity contribution in [1.82, 2.24) is 10.6 Å². The molecular weight excluding hydrogens is 509 g/mol. The van der Waals surface area contributed by atoms with E-state index in [9.17, 15) is 19.1 Å². The van der Waals surface area contributed by atoms with Crippen LogP contribution in [0, 0.1) is 5.82 Å². The summed E-state index contributed by atoms with van der Waals surface area (Å²) in [5.41, 5.74) is -0.665. The third kappa shape index (κ3) is 5.27. The molecule has 2 atom stereocenters. The molecule has 1 heterocycles. The van der Waals surface area contributed by atoms with E-state index < -0.39 is 23.0 Å². The van der Waals surface area contributed by atoms with Crippen LogP contribution in [0.1, 0.15) is 32.1 Å². The number of carbonyl (C=O) groups excluding carboxylic acids is 2. The minimum Gasteiger partial charge on any atom is -0.484 e. The molecule has 2 amide bonds. The summed E-state index contributed by atoms with van der Waals surface area (Å²) in [4.78, 5) is 26.3. The Bertz CT molecular complexity index is 1140. The van der Waals surface area contributed by atoms with Crippen molar-refractivity contribution in [3.63, 3.8) is 0 Å². The molecule has 2 bridgehead atoms. The van der Waals surface area contributed by atoms with Gasteiger partial charge in [0.05, 0.1) is 22.4 Å². The molecule has 0 radical (unpaired) electrons. The van der Waals surface area contributed by atoms with Gasteiger partial charge in [-0.25, -0.2) is 4.39 Å². The number of halogens is 2. The number of aliphatic hydroxyl groups is 1. The van der Waals surface area contributed by atoms with Crippen LogP contribution in [0.2, 0.25) is 5.02 Å². The monoisotopic (exact) mass is 535 g/mol. The van der Waals surface area contributed by atoms with Crippen molar-refractivity contribution in [3.05, 3.63) is 53.3 Å². The molecule has 36 heavy (non-hydrogen) atoms. The quantitative estimate of drug-likeness (QED) is 0.410. The normalized spacial score (nSPS) is 28.2. The summed E-state index contributed by atoms with van der Waals surface area (Å²) in [6.07, 6.45) is 1.81. The van der Waals surface area contributed by atoms with Gasteiger partial charge < -0.3 is 30.5 Å². The Labute approximate surface area is 217 Å². The number of anilines is 1. The predicted molar refractivity (Wildman–Crippen MR) is 133 cm³/mol. The maximum absolute atomic E-state index is 13.6. The smallest absolute Gasteiger partial charge is 0.258 e. The third-order valence-corrected chi connectivity index (χ3v) is 8.52. The molecule has 8 nitrogen and oxygen atoms in total. The number of para-hydroxylation sites is 1. The lowest BCUT2D eigenvalue weighted by atomic mass is 9.60. The maximum Gasteiger partial charge on any atom is 0.258 e. The maximum atomic E-state index is 13.6. The lowest BCUT2D eigenvalue weighted by Crippen LogP contribution is -2.70. The molecule has 6 rings (SSSR count).